The molecule has 0 saturated heterocycles. The molecule has 1 aromatic rings. The van der Waals surface area contributed by atoms with Gasteiger partial charge in [-0.3, -0.25) is 14.1 Å². The Kier molecular flexibility index (Phi) is 8.16. The maximum absolute atomic E-state index is 11.7. The summed E-state index contributed by atoms with van der Waals surface area (Å²) in [5.74, 6) is -0.474. The Morgan fingerprint density at radius 1 is 1.45 bits per heavy atom. The van der Waals surface area contributed by atoms with Gasteiger partial charge in [0.15, 0.2) is 5.78 Å². The van der Waals surface area contributed by atoms with Crippen molar-refractivity contribution >= 4 is 39.3 Å². The molecular formula is C11H17ClN2O7S. The number of rotatable bonds is 5. The fourth-order valence-corrected chi connectivity index (χ4v) is 1.42. The molecule has 0 amide bonds. The number of Topliss-reactive ketones (excluding diaryl/α,β-unsaturated/α-hetero) is 2. The highest BCUT2D eigenvalue weighted by Gasteiger charge is 2.16. The van der Waals surface area contributed by atoms with E-state index in [1.54, 1.807) is 6.07 Å². The first-order chi connectivity index (χ1) is 9.97. The summed E-state index contributed by atoms with van der Waals surface area (Å²) in [7, 11) is -4.61. The molecule has 0 radical (unpaired) electrons. The SMILES string of the molecule is CC(=O)[C@@H](N)CC(=O)c1ccc(Cl)cc1N.O=S(=O)(O)OO.[HH]. The molecule has 0 aliphatic carbocycles. The van der Waals surface area contributed by atoms with Crippen LogP contribution in [0.5, 0.6) is 0 Å². The minimum atomic E-state index is -4.61. The highest BCUT2D eigenvalue weighted by Crippen LogP contribution is 2.19. The zero-order chi connectivity index (χ0) is 17.5. The number of hydrogen-bond donors (Lipinski definition) is 4. The zero-order valence-electron chi connectivity index (χ0n) is 11.4. The summed E-state index contributed by atoms with van der Waals surface area (Å²) < 4.78 is 28.0. The zero-order valence-corrected chi connectivity index (χ0v) is 13.0. The van der Waals surface area contributed by atoms with E-state index in [1.807, 2.05) is 0 Å². The number of nitrogen functional groups attached to an aromatic ring is 1. The van der Waals surface area contributed by atoms with Crippen molar-refractivity contribution in [2.24, 2.45) is 5.73 Å². The number of nitrogens with two attached hydrogens (primary N) is 2. The molecule has 1 rings (SSSR count). The summed E-state index contributed by atoms with van der Waals surface area (Å²) in [6, 6.07) is 3.83. The Labute approximate surface area is 133 Å². The quantitative estimate of drug-likeness (QED) is 0.197. The van der Waals surface area contributed by atoms with Crippen LogP contribution in [0.15, 0.2) is 18.2 Å². The Balaban J connectivity index is 0. The summed E-state index contributed by atoms with van der Waals surface area (Å²) in [6.07, 6.45) is -0.0405. The number of benzene rings is 1. The summed E-state index contributed by atoms with van der Waals surface area (Å²) in [5, 5.41) is 7.53. The van der Waals surface area contributed by atoms with E-state index >= 15 is 0 Å². The van der Waals surface area contributed by atoms with Crippen LogP contribution in [0.4, 0.5) is 5.69 Å². The van der Waals surface area contributed by atoms with E-state index in [1.165, 1.54) is 19.1 Å². The van der Waals surface area contributed by atoms with Crippen LogP contribution in [0.25, 0.3) is 0 Å². The molecule has 0 saturated carbocycles. The number of carbonyl (C=O) groups excluding carboxylic acids is 2. The van der Waals surface area contributed by atoms with Crippen molar-refractivity contribution in [3.8, 4) is 0 Å². The molecule has 0 spiro atoms. The lowest BCUT2D eigenvalue weighted by Crippen LogP contribution is -2.31. The molecule has 1 atom stereocenters. The molecule has 9 nitrogen and oxygen atoms in total. The smallest absolute Gasteiger partial charge is 0.398 e. The van der Waals surface area contributed by atoms with Crippen molar-refractivity contribution in [1.29, 1.82) is 0 Å². The van der Waals surface area contributed by atoms with Gasteiger partial charge in [-0.25, -0.2) is 5.26 Å². The van der Waals surface area contributed by atoms with Gasteiger partial charge in [-0.15, -0.1) is 0 Å². The van der Waals surface area contributed by atoms with Crippen molar-refractivity contribution < 1.29 is 33.6 Å². The van der Waals surface area contributed by atoms with Gasteiger partial charge in [0.1, 0.15) is 5.78 Å². The van der Waals surface area contributed by atoms with E-state index in [2.05, 4.69) is 4.33 Å². The van der Waals surface area contributed by atoms with Gasteiger partial charge in [-0.1, -0.05) is 15.9 Å². The Bertz CT molecular complexity index is 654. The monoisotopic (exact) mass is 356 g/mol. The van der Waals surface area contributed by atoms with Crippen LogP contribution in [0, 0.1) is 0 Å². The third-order valence-electron chi connectivity index (χ3n) is 2.34. The van der Waals surface area contributed by atoms with Gasteiger partial charge in [0, 0.05) is 24.1 Å². The number of halogens is 1. The van der Waals surface area contributed by atoms with E-state index in [4.69, 9.17) is 41.3 Å². The van der Waals surface area contributed by atoms with Crippen LogP contribution in [-0.2, 0) is 19.5 Å². The molecule has 6 N–H and O–H groups in total. The van der Waals surface area contributed by atoms with E-state index < -0.39 is 16.4 Å². The number of carbonyl (C=O) groups is 2. The van der Waals surface area contributed by atoms with Crippen LogP contribution in [0.2, 0.25) is 5.02 Å². The minimum absolute atomic E-state index is 0. The third-order valence-corrected chi connectivity index (χ3v) is 2.76. The van der Waals surface area contributed by atoms with Crippen molar-refractivity contribution in [2.75, 3.05) is 5.73 Å². The summed E-state index contributed by atoms with van der Waals surface area (Å²) in [4.78, 5) is 22.7. The van der Waals surface area contributed by atoms with Crippen LogP contribution in [-0.4, -0.2) is 35.8 Å². The molecule has 0 heterocycles. The van der Waals surface area contributed by atoms with Gasteiger partial charge in [0.05, 0.1) is 6.04 Å². The van der Waals surface area contributed by atoms with E-state index in [-0.39, 0.29) is 19.4 Å². The normalized spacial score (nSPS) is 12.0. The van der Waals surface area contributed by atoms with Crippen LogP contribution in [0.1, 0.15) is 25.1 Å². The highest BCUT2D eigenvalue weighted by molar-refractivity contribution is 7.80. The number of hydrogen-bond acceptors (Lipinski definition) is 8. The average molecular weight is 357 g/mol. The lowest BCUT2D eigenvalue weighted by Gasteiger charge is -2.08. The fourth-order valence-electron chi connectivity index (χ4n) is 1.24. The summed E-state index contributed by atoms with van der Waals surface area (Å²) in [5.41, 5.74) is 11.8. The molecule has 1 aromatic carbocycles. The number of ketones is 2. The topological polar surface area (TPSA) is 170 Å². The molecule has 0 aromatic heterocycles. The molecule has 22 heavy (non-hydrogen) atoms. The largest absolute Gasteiger partial charge is 0.423 e. The Morgan fingerprint density at radius 2 is 1.95 bits per heavy atom. The molecule has 0 aliphatic rings. The lowest BCUT2D eigenvalue weighted by molar-refractivity contribution is -0.139. The summed E-state index contributed by atoms with van der Waals surface area (Å²) in [6.45, 7) is 1.35. The van der Waals surface area contributed by atoms with Gasteiger partial charge in [-0.05, 0) is 25.1 Å². The van der Waals surface area contributed by atoms with E-state index in [9.17, 15) is 9.59 Å². The van der Waals surface area contributed by atoms with Gasteiger partial charge >= 0.3 is 10.4 Å². The minimum Gasteiger partial charge on any atom is -0.398 e. The second-order valence-electron chi connectivity index (χ2n) is 4.08. The molecule has 0 aliphatic heterocycles. The van der Waals surface area contributed by atoms with E-state index in [0.29, 0.717) is 16.3 Å². The standard InChI is InChI=1S/C11H13ClN2O2.H2O5S.H2/c1-6(15)9(13)5-11(16)8-3-2-7(12)4-10(8)14;1-5-6(2,3)4;/h2-4,9H,5,13-14H2,1H3;1H,(H,2,3,4);1H/t9-;;/m0../s1. The molecule has 11 heteroatoms. The number of anilines is 1. The lowest BCUT2D eigenvalue weighted by atomic mass is 10.0. The molecule has 0 unspecified atom stereocenters. The summed E-state index contributed by atoms with van der Waals surface area (Å²) >= 11 is 5.71. The van der Waals surface area contributed by atoms with Crippen molar-refractivity contribution in [2.45, 2.75) is 19.4 Å². The maximum atomic E-state index is 11.7. The predicted molar refractivity (Wildman–Crippen MR) is 80.8 cm³/mol. The molecule has 0 fully saturated rings. The average Bonchev–Trinajstić information content (AvgIpc) is 2.38. The van der Waals surface area contributed by atoms with Gasteiger partial charge in [0.25, 0.3) is 0 Å². The van der Waals surface area contributed by atoms with Gasteiger partial charge in [-0.2, -0.15) is 8.42 Å². The second kappa shape index (κ2) is 8.78. The first-order valence-corrected chi connectivity index (χ1v) is 7.37. The molecule has 0 bridgehead atoms. The third kappa shape index (κ3) is 8.02. The van der Waals surface area contributed by atoms with Crippen molar-refractivity contribution in [3.05, 3.63) is 28.8 Å². The second-order valence-corrected chi connectivity index (χ2v) is 5.52. The van der Waals surface area contributed by atoms with E-state index in [0.717, 1.165) is 0 Å². The van der Waals surface area contributed by atoms with Crippen LogP contribution in [0.3, 0.4) is 0 Å². The van der Waals surface area contributed by atoms with Gasteiger partial charge < -0.3 is 11.5 Å². The van der Waals surface area contributed by atoms with Crippen molar-refractivity contribution in [3.63, 3.8) is 0 Å². The molecular weight excluding hydrogens is 340 g/mol. The van der Waals surface area contributed by atoms with Crippen LogP contribution >= 0.6 is 11.6 Å². The van der Waals surface area contributed by atoms with Gasteiger partial charge in [0.2, 0.25) is 0 Å². The fraction of sp³-hybridized carbons (Fsp3) is 0.273. The maximum Gasteiger partial charge on any atom is 0.423 e. The van der Waals surface area contributed by atoms with Crippen LogP contribution < -0.4 is 11.5 Å². The first kappa shape index (κ1) is 20.4. The molecule has 126 valence electrons. The van der Waals surface area contributed by atoms with Crippen molar-refractivity contribution in [1.82, 2.24) is 0 Å². The first-order valence-electron chi connectivity index (χ1n) is 5.62. The highest BCUT2D eigenvalue weighted by atomic mass is 35.5. The predicted octanol–water partition coefficient (Wildman–Crippen LogP) is 0.936. The Hall–Kier alpha value is -1.56. The Morgan fingerprint density at radius 3 is 2.32 bits per heavy atom.